The Kier molecular flexibility index (Phi) is 5.71. The standard InChI is InChI=1S/C17H26N2OS/c1-13-5-7-15(8-6-13)21-17(9-3-4-10-17)16(20)19-12-14(2)11-18/h5-8,14H,3-4,9-12,18H2,1-2H3,(H,19,20). The summed E-state index contributed by atoms with van der Waals surface area (Å²) in [5, 5.41) is 3.11. The van der Waals surface area contributed by atoms with Crippen LogP contribution in [-0.2, 0) is 4.79 Å². The van der Waals surface area contributed by atoms with E-state index in [-0.39, 0.29) is 10.7 Å². The maximum Gasteiger partial charge on any atom is 0.236 e. The van der Waals surface area contributed by atoms with Gasteiger partial charge in [-0.15, -0.1) is 11.8 Å². The van der Waals surface area contributed by atoms with Gasteiger partial charge in [0, 0.05) is 11.4 Å². The number of nitrogens with one attached hydrogen (secondary N) is 1. The molecule has 1 aliphatic rings. The minimum Gasteiger partial charge on any atom is -0.355 e. The molecule has 1 fully saturated rings. The van der Waals surface area contributed by atoms with Crippen molar-refractivity contribution in [3.8, 4) is 0 Å². The second-order valence-electron chi connectivity index (χ2n) is 6.17. The second kappa shape index (κ2) is 7.32. The van der Waals surface area contributed by atoms with Gasteiger partial charge in [0.1, 0.15) is 0 Å². The van der Waals surface area contributed by atoms with E-state index in [0.717, 1.165) is 25.7 Å². The van der Waals surface area contributed by atoms with E-state index < -0.39 is 0 Å². The molecule has 1 aromatic rings. The van der Waals surface area contributed by atoms with Gasteiger partial charge in [-0.2, -0.15) is 0 Å². The van der Waals surface area contributed by atoms with Crippen molar-refractivity contribution in [1.29, 1.82) is 0 Å². The molecule has 1 unspecified atom stereocenters. The summed E-state index contributed by atoms with van der Waals surface area (Å²) < 4.78 is -0.288. The van der Waals surface area contributed by atoms with Crippen molar-refractivity contribution in [2.75, 3.05) is 13.1 Å². The van der Waals surface area contributed by atoms with Gasteiger partial charge in [0.25, 0.3) is 0 Å². The molecule has 1 aliphatic carbocycles. The fraction of sp³-hybridized carbons (Fsp3) is 0.588. The maximum atomic E-state index is 12.7. The Morgan fingerprint density at radius 1 is 1.33 bits per heavy atom. The molecule has 116 valence electrons. The summed E-state index contributed by atoms with van der Waals surface area (Å²) in [4.78, 5) is 13.9. The summed E-state index contributed by atoms with van der Waals surface area (Å²) in [5.74, 6) is 0.516. The van der Waals surface area contributed by atoms with E-state index in [2.05, 4.69) is 43.4 Å². The molecule has 0 radical (unpaired) electrons. The monoisotopic (exact) mass is 306 g/mol. The third kappa shape index (κ3) is 4.24. The maximum absolute atomic E-state index is 12.7. The molecule has 0 spiro atoms. The Morgan fingerprint density at radius 3 is 2.52 bits per heavy atom. The van der Waals surface area contributed by atoms with Crippen LogP contribution in [0.15, 0.2) is 29.2 Å². The Morgan fingerprint density at radius 2 is 1.95 bits per heavy atom. The lowest BCUT2D eigenvalue weighted by Gasteiger charge is -2.28. The molecule has 3 N–H and O–H groups in total. The van der Waals surface area contributed by atoms with Gasteiger partial charge in [-0.05, 0) is 44.4 Å². The first-order valence-electron chi connectivity index (χ1n) is 7.80. The first-order chi connectivity index (χ1) is 10.1. The molecule has 0 aromatic heterocycles. The summed E-state index contributed by atoms with van der Waals surface area (Å²) in [7, 11) is 0. The van der Waals surface area contributed by atoms with Crippen molar-refractivity contribution >= 4 is 17.7 Å². The topological polar surface area (TPSA) is 55.1 Å². The molecule has 1 saturated carbocycles. The number of hydrogen-bond donors (Lipinski definition) is 2. The highest BCUT2D eigenvalue weighted by molar-refractivity contribution is 8.01. The van der Waals surface area contributed by atoms with Gasteiger partial charge in [0.2, 0.25) is 5.91 Å². The molecular weight excluding hydrogens is 280 g/mol. The third-order valence-electron chi connectivity index (χ3n) is 4.17. The number of benzene rings is 1. The quantitative estimate of drug-likeness (QED) is 0.849. The number of carbonyl (C=O) groups excluding carboxylic acids is 1. The van der Waals surface area contributed by atoms with Gasteiger partial charge in [-0.25, -0.2) is 0 Å². The van der Waals surface area contributed by atoms with Gasteiger partial charge in [0.15, 0.2) is 0 Å². The van der Waals surface area contributed by atoms with Crippen LogP contribution in [0.5, 0.6) is 0 Å². The van der Waals surface area contributed by atoms with Crippen molar-refractivity contribution in [2.45, 2.75) is 49.2 Å². The summed E-state index contributed by atoms with van der Waals surface area (Å²) in [6.07, 6.45) is 4.21. The average Bonchev–Trinajstić information content (AvgIpc) is 2.96. The van der Waals surface area contributed by atoms with Crippen LogP contribution in [0, 0.1) is 12.8 Å². The SMILES string of the molecule is Cc1ccc(SC2(C(=O)NCC(C)CN)CCCC2)cc1. The third-order valence-corrected chi connectivity index (χ3v) is 5.66. The first-order valence-corrected chi connectivity index (χ1v) is 8.61. The molecule has 21 heavy (non-hydrogen) atoms. The normalized spacial score (nSPS) is 18.4. The number of hydrogen-bond acceptors (Lipinski definition) is 3. The molecule has 1 amide bonds. The minimum absolute atomic E-state index is 0.186. The molecule has 0 saturated heterocycles. The highest BCUT2D eigenvalue weighted by Crippen LogP contribution is 2.45. The molecule has 2 rings (SSSR count). The zero-order valence-electron chi connectivity index (χ0n) is 13.0. The summed E-state index contributed by atoms with van der Waals surface area (Å²) in [5.41, 5.74) is 6.88. The van der Waals surface area contributed by atoms with Crippen LogP contribution in [-0.4, -0.2) is 23.7 Å². The van der Waals surface area contributed by atoms with Crippen LogP contribution < -0.4 is 11.1 Å². The number of thioether (sulfide) groups is 1. The lowest BCUT2D eigenvalue weighted by atomic mass is 10.1. The fourth-order valence-electron chi connectivity index (χ4n) is 2.66. The summed E-state index contributed by atoms with van der Waals surface area (Å²) >= 11 is 1.73. The first kappa shape index (κ1) is 16.4. The van der Waals surface area contributed by atoms with Crippen molar-refractivity contribution < 1.29 is 4.79 Å². The van der Waals surface area contributed by atoms with Crippen molar-refractivity contribution in [3.05, 3.63) is 29.8 Å². The zero-order valence-corrected chi connectivity index (χ0v) is 13.8. The Hall–Kier alpha value is -1.00. The van der Waals surface area contributed by atoms with Crippen LogP contribution in [0.2, 0.25) is 0 Å². The van der Waals surface area contributed by atoms with E-state index in [4.69, 9.17) is 5.73 Å². The lowest BCUT2D eigenvalue weighted by Crippen LogP contribution is -2.44. The van der Waals surface area contributed by atoms with Gasteiger partial charge >= 0.3 is 0 Å². The number of rotatable bonds is 6. The van der Waals surface area contributed by atoms with Crippen LogP contribution in [0.25, 0.3) is 0 Å². The number of carbonyl (C=O) groups is 1. The van der Waals surface area contributed by atoms with Crippen molar-refractivity contribution in [1.82, 2.24) is 5.32 Å². The minimum atomic E-state index is -0.288. The smallest absolute Gasteiger partial charge is 0.236 e. The zero-order chi connectivity index (χ0) is 15.3. The van der Waals surface area contributed by atoms with E-state index in [1.54, 1.807) is 11.8 Å². The molecule has 1 aromatic carbocycles. The predicted molar refractivity (Wildman–Crippen MR) is 89.5 cm³/mol. The Bertz CT molecular complexity index is 466. The van der Waals surface area contributed by atoms with Crippen LogP contribution in [0.3, 0.4) is 0 Å². The second-order valence-corrected chi connectivity index (χ2v) is 7.62. The summed E-state index contributed by atoms with van der Waals surface area (Å²) in [6.45, 7) is 5.43. The molecule has 1 atom stereocenters. The Labute approximate surface area is 132 Å². The average molecular weight is 306 g/mol. The van der Waals surface area contributed by atoms with Crippen LogP contribution >= 0.6 is 11.8 Å². The van der Waals surface area contributed by atoms with Gasteiger partial charge < -0.3 is 11.1 Å². The van der Waals surface area contributed by atoms with E-state index in [9.17, 15) is 4.79 Å². The van der Waals surface area contributed by atoms with E-state index in [1.807, 2.05) is 0 Å². The van der Waals surface area contributed by atoms with E-state index in [1.165, 1.54) is 10.5 Å². The lowest BCUT2D eigenvalue weighted by molar-refractivity contribution is -0.123. The predicted octanol–water partition coefficient (Wildman–Crippen LogP) is 3.11. The van der Waals surface area contributed by atoms with Gasteiger partial charge in [-0.3, -0.25) is 4.79 Å². The molecule has 0 bridgehead atoms. The molecule has 3 nitrogen and oxygen atoms in total. The molecule has 0 aliphatic heterocycles. The Balaban J connectivity index is 2.05. The van der Waals surface area contributed by atoms with E-state index in [0.29, 0.717) is 19.0 Å². The van der Waals surface area contributed by atoms with Crippen molar-refractivity contribution in [3.63, 3.8) is 0 Å². The summed E-state index contributed by atoms with van der Waals surface area (Å²) in [6, 6.07) is 8.46. The molecule has 0 heterocycles. The van der Waals surface area contributed by atoms with Gasteiger partial charge in [-0.1, -0.05) is 37.5 Å². The fourth-order valence-corrected chi connectivity index (χ4v) is 4.05. The van der Waals surface area contributed by atoms with Gasteiger partial charge in [0.05, 0.1) is 4.75 Å². The largest absolute Gasteiger partial charge is 0.355 e. The van der Waals surface area contributed by atoms with Crippen molar-refractivity contribution in [2.24, 2.45) is 11.7 Å². The highest BCUT2D eigenvalue weighted by atomic mass is 32.2. The highest BCUT2D eigenvalue weighted by Gasteiger charge is 2.42. The molecular formula is C17H26N2OS. The number of amides is 1. The molecule has 4 heteroatoms. The van der Waals surface area contributed by atoms with E-state index >= 15 is 0 Å². The number of nitrogens with two attached hydrogens (primary N) is 1. The van der Waals surface area contributed by atoms with Crippen LogP contribution in [0.4, 0.5) is 0 Å². The number of aryl methyl sites for hydroxylation is 1. The van der Waals surface area contributed by atoms with Crippen LogP contribution in [0.1, 0.15) is 38.2 Å².